The highest BCUT2D eigenvalue weighted by atomic mass is 19.4. The molecule has 1 saturated heterocycles. The van der Waals surface area contributed by atoms with Gasteiger partial charge in [0.1, 0.15) is 11.8 Å². The number of nitrogens with one attached hydrogen (secondary N) is 1. The summed E-state index contributed by atoms with van der Waals surface area (Å²) < 4.78 is 44.5. The molecule has 0 radical (unpaired) electrons. The van der Waals surface area contributed by atoms with Crippen LogP contribution in [0.1, 0.15) is 24.8 Å². The summed E-state index contributed by atoms with van der Waals surface area (Å²) >= 11 is 0. The Morgan fingerprint density at radius 2 is 2.18 bits per heavy atom. The zero-order valence-corrected chi connectivity index (χ0v) is 12.3. The van der Waals surface area contributed by atoms with Crippen LogP contribution in [0.3, 0.4) is 0 Å². The van der Waals surface area contributed by atoms with Crippen LogP contribution in [0, 0.1) is 0 Å². The van der Waals surface area contributed by atoms with Crippen molar-refractivity contribution in [3.05, 3.63) is 29.8 Å². The summed E-state index contributed by atoms with van der Waals surface area (Å²) in [7, 11) is 1.55. The Kier molecular flexibility index (Phi) is 5.28. The average Bonchev–Trinajstić information content (AvgIpc) is 2.88. The van der Waals surface area contributed by atoms with E-state index >= 15 is 0 Å². The first kappa shape index (κ1) is 16.6. The van der Waals surface area contributed by atoms with Crippen molar-refractivity contribution < 1.29 is 22.7 Å². The van der Waals surface area contributed by atoms with Crippen LogP contribution in [0.4, 0.5) is 13.2 Å². The van der Waals surface area contributed by atoms with Gasteiger partial charge in [-0.25, -0.2) is 5.01 Å². The number of hydrogen-bond donors (Lipinski definition) is 1. The van der Waals surface area contributed by atoms with Crippen molar-refractivity contribution in [2.45, 2.75) is 37.9 Å². The minimum atomic E-state index is -4.36. The van der Waals surface area contributed by atoms with Crippen molar-refractivity contribution in [2.24, 2.45) is 0 Å². The molecule has 0 aromatic heterocycles. The monoisotopic (exact) mass is 316 g/mol. The van der Waals surface area contributed by atoms with E-state index in [0.717, 1.165) is 10.6 Å². The molecular formula is C15H19F3N2O2. The number of aryl methyl sites for hydroxylation is 1. The van der Waals surface area contributed by atoms with Gasteiger partial charge in [-0.1, -0.05) is 12.1 Å². The first-order valence-corrected chi connectivity index (χ1v) is 7.16. The Morgan fingerprint density at radius 1 is 1.41 bits per heavy atom. The lowest BCUT2D eigenvalue weighted by atomic mass is 10.0. The van der Waals surface area contributed by atoms with E-state index in [1.165, 1.54) is 0 Å². The van der Waals surface area contributed by atoms with Gasteiger partial charge in [-0.3, -0.25) is 10.2 Å². The molecule has 1 N–H and O–H groups in total. The summed E-state index contributed by atoms with van der Waals surface area (Å²) in [6.45, 7) is 0.0994. The van der Waals surface area contributed by atoms with Gasteiger partial charge in [0.25, 0.3) is 0 Å². The van der Waals surface area contributed by atoms with Crippen LogP contribution >= 0.6 is 0 Å². The molecule has 1 atom stereocenters. The van der Waals surface area contributed by atoms with Gasteiger partial charge < -0.3 is 4.74 Å². The van der Waals surface area contributed by atoms with Crippen LogP contribution in [-0.4, -0.2) is 36.8 Å². The molecule has 1 heterocycles. The molecule has 0 saturated carbocycles. The molecule has 4 nitrogen and oxygen atoms in total. The predicted octanol–water partition coefficient (Wildman–Crippen LogP) is 2.69. The number of alkyl halides is 3. The number of hydrogen-bond acceptors (Lipinski definition) is 3. The largest absolute Gasteiger partial charge is 0.497 e. The molecule has 2 rings (SSSR count). The number of halogens is 3. The van der Waals surface area contributed by atoms with Gasteiger partial charge in [0.2, 0.25) is 5.91 Å². The van der Waals surface area contributed by atoms with Crippen molar-refractivity contribution >= 4 is 5.91 Å². The van der Waals surface area contributed by atoms with Gasteiger partial charge in [0.05, 0.1) is 7.11 Å². The molecule has 1 aliphatic heterocycles. The lowest BCUT2D eigenvalue weighted by Gasteiger charge is -2.28. The van der Waals surface area contributed by atoms with Gasteiger partial charge in [-0.15, -0.1) is 0 Å². The second-order valence-electron chi connectivity index (χ2n) is 5.28. The third-order valence-electron chi connectivity index (χ3n) is 3.68. The molecule has 0 bridgehead atoms. The van der Waals surface area contributed by atoms with Crippen molar-refractivity contribution in [2.75, 3.05) is 13.7 Å². The minimum absolute atomic E-state index is 0.0546. The predicted molar refractivity (Wildman–Crippen MR) is 75.2 cm³/mol. The standard InChI is InChI=1S/C15H19F3N2O2/c1-22-12-6-2-4-11(10-12)5-3-7-13(15(16,17)18)20-9-8-14(21)19-20/h2,4,6,10,13H,3,5,7-9H2,1H3,(H,19,21). The van der Waals surface area contributed by atoms with E-state index < -0.39 is 12.2 Å². The summed E-state index contributed by atoms with van der Waals surface area (Å²) in [6.07, 6.45) is -3.38. The van der Waals surface area contributed by atoms with Gasteiger partial charge in [0.15, 0.2) is 0 Å². The maximum atomic E-state index is 13.1. The lowest BCUT2D eigenvalue weighted by molar-refractivity contribution is -0.190. The molecule has 1 aromatic carbocycles. The topological polar surface area (TPSA) is 41.6 Å². The third-order valence-corrected chi connectivity index (χ3v) is 3.68. The van der Waals surface area contributed by atoms with E-state index in [0.29, 0.717) is 18.6 Å². The van der Waals surface area contributed by atoms with Crippen LogP contribution in [-0.2, 0) is 11.2 Å². The normalized spacial score (nSPS) is 17.4. The zero-order valence-electron chi connectivity index (χ0n) is 12.3. The molecule has 122 valence electrons. The Morgan fingerprint density at radius 3 is 2.77 bits per heavy atom. The Bertz CT molecular complexity index is 520. The highest BCUT2D eigenvalue weighted by Gasteiger charge is 2.45. The van der Waals surface area contributed by atoms with E-state index in [1.54, 1.807) is 13.2 Å². The third kappa shape index (κ3) is 4.37. The fraction of sp³-hybridized carbons (Fsp3) is 0.533. The molecule has 1 aliphatic rings. The van der Waals surface area contributed by atoms with Crippen molar-refractivity contribution in [1.82, 2.24) is 10.4 Å². The quantitative estimate of drug-likeness (QED) is 0.877. The van der Waals surface area contributed by atoms with Crippen LogP contribution < -0.4 is 10.2 Å². The number of nitrogens with zero attached hydrogens (tertiary/aromatic N) is 1. The van der Waals surface area contributed by atoms with Gasteiger partial charge >= 0.3 is 6.18 Å². The van der Waals surface area contributed by atoms with Crippen LogP contribution in [0.2, 0.25) is 0 Å². The van der Waals surface area contributed by atoms with Crippen molar-refractivity contribution in [3.8, 4) is 5.75 Å². The summed E-state index contributed by atoms with van der Waals surface area (Å²) in [5.41, 5.74) is 3.22. The van der Waals surface area contributed by atoms with E-state index in [4.69, 9.17) is 4.74 Å². The summed E-state index contributed by atoms with van der Waals surface area (Å²) in [5.74, 6) is 0.332. The SMILES string of the molecule is COc1cccc(CCCC(N2CCC(=O)N2)C(F)(F)F)c1. The average molecular weight is 316 g/mol. The Hall–Kier alpha value is -1.76. The van der Waals surface area contributed by atoms with E-state index in [9.17, 15) is 18.0 Å². The zero-order chi connectivity index (χ0) is 16.2. The number of ether oxygens (including phenoxy) is 1. The number of carbonyl (C=O) groups is 1. The minimum Gasteiger partial charge on any atom is -0.497 e. The molecule has 22 heavy (non-hydrogen) atoms. The highest BCUT2D eigenvalue weighted by molar-refractivity contribution is 5.77. The van der Waals surface area contributed by atoms with Gasteiger partial charge in [-0.05, 0) is 37.0 Å². The Labute approximate surface area is 127 Å². The van der Waals surface area contributed by atoms with E-state index in [1.807, 2.05) is 18.2 Å². The van der Waals surface area contributed by atoms with E-state index in [2.05, 4.69) is 5.43 Å². The van der Waals surface area contributed by atoms with Crippen molar-refractivity contribution in [1.29, 1.82) is 0 Å². The highest BCUT2D eigenvalue weighted by Crippen LogP contribution is 2.29. The molecule has 0 spiro atoms. The van der Waals surface area contributed by atoms with Gasteiger partial charge in [0, 0.05) is 13.0 Å². The van der Waals surface area contributed by atoms with Crippen molar-refractivity contribution in [3.63, 3.8) is 0 Å². The molecule has 1 aromatic rings. The number of methoxy groups -OCH3 is 1. The maximum absolute atomic E-state index is 13.1. The lowest BCUT2D eigenvalue weighted by Crippen LogP contribution is -2.49. The fourth-order valence-corrected chi connectivity index (χ4v) is 2.55. The molecule has 7 heteroatoms. The molecular weight excluding hydrogens is 297 g/mol. The maximum Gasteiger partial charge on any atom is 0.405 e. The molecule has 1 fully saturated rings. The summed E-state index contributed by atoms with van der Waals surface area (Å²) in [6, 6.07) is 5.66. The van der Waals surface area contributed by atoms with Crippen LogP contribution in [0.15, 0.2) is 24.3 Å². The van der Waals surface area contributed by atoms with Gasteiger partial charge in [-0.2, -0.15) is 13.2 Å². The fourth-order valence-electron chi connectivity index (χ4n) is 2.55. The summed E-state index contributed by atoms with van der Waals surface area (Å²) in [4.78, 5) is 11.1. The molecule has 1 unspecified atom stereocenters. The van der Waals surface area contributed by atoms with Crippen LogP contribution in [0.25, 0.3) is 0 Å². The molecule has 1 amide bonds. The second kappa shape index (κ2) is 7.00. The Balaban J connectivity index is 1.92. The number of benzene rings is 1. The molecule has 0 aliphatic carbocycles. The van der Waals surface area contributed by atoms with E-state index in [-0.39, 0.29) is 25.3 Å². The number of rotatable bonds is 6. The second-order valence-corrected chi connectivity index (χ2v) is 5.28. The number of carbonyl (C=O) groups excluding carboxylic acids is 1. The van der Waals surface area contributed by atoms with Crippen LogP contribution in [0.5, 0.6) is 5.75 Å². The summed E-state index contributed by atoms with van der Waals surface area (Å²) in [5, 5.41) is 1.01. The number of amides is 1. The first-order valence-electron chi connectivity index (χ1n) is 7.16. The number of hydrazine groups is 1. The first-order chi connectivity index (χ1) is 10.4. The smallest absolute Gasteiger partial charge is 0.405 e.